The van der Waals surface area contributed by atoms with Crippen LogP contribution >= 0.6 is 11.8 Å². The van der Waals surface area contributed by atoms with Crippen LogP contribution in [0.25, 0.3) is 0 Å². The van der Waals surface area contributed by atoms with Gasteiger partial charge in [-0.05, 0) is 41.9 Å². The number of nitrogens with two attached hydrogens (primary N) is 1. The van der Waals surface area contributed by atoms with Crippen molar-refractivity contribution < 1.29 is 8.42 Å². The Hall–Kier alpha value is -0.630. The molecule has 0 unspecified atom stereocenters. The van der Waals surface area contributed by atoms with Crippen molar-refractivity contribution in [3.05, 3.63) is 23.9 Å². The summed E-state index contributed by atoms with van der Waals surface area (Å²) in [5, 5.41) is 0.0647. The number of sulfonamides is 1. The molecule has 0 bridgehead atoms. The van der Waals surface area contributed by atoms with E-state index in [0.29, 0.717) is 19.0 Å². The number of thioether (sulfide) groups is 1. The molecule has 0 aromatic carbocycles. The number of nitrogens with one attached hydrogen (secondary N) is 1. The second kappa shape index (κ2) is 6.69. The zero-order valence-corrected chi connectivity index (χ0v) is 12.3. The summed E-state index contributed by atoms with van der Waals surface area (Å²) in [4.78, 5) is 3.95. The second-order valence-electron chi connectivity index (χ2n) is 4.62. The quantitative estimate of drug-likeness (QED) is 0.846. The number of nitrogens with zero attached hydrogens (tertiary/aromatic N) is 1. The Morgan fingerprint density at radius 3 is 2.68 bits per heavy atom. The molecular formula is C12H19N3O2S2. The van der Waals surface area contributed by atoms with Crippen molar-refractivity contribution in [3.63, 3.8) is 0 Å². The van der Waals surface area contributed by atoms with E-state index in [2.05, 4.69) is 9.71 Å². The Labute approximate surface area is 118 Å². The molecule has 7 heteroatoms. The maximum atomic E-state index is 12.1. The number of pyridine rings is 1. The Morgan fingerprint density at radius 2 is 2.11 bits per heavy atom. The standard InChI is InChI=1S/C12H19N3O2S2/c13-7-11-1-2-12(14-8-11)19(16,17)15-9-10-3-5-18-6-4-10/h1-2,8,10,15H,3-7,9,13H2. The van der Waals surface area contributed by atoms with Crippen LogP contribution in [0.1, 0.15) is 18.4 Å². The number of hydrogen-bond acceptors (Lipinski definition) is 5. The van der Waals surface area contributed by atoms with Crippen molar-refractivity contribution in [2.75, 3.05) is 18.1 Å². The summed E-state index contributed by atoms with van der Waals surface area (Å²) in [5.41, 5.74) is 6.28. The average Bonchev–Trinajstić information content (AvgIpc) is 2.46. The summed E-state index contributed by atoms with van der Waals surface area (Å²) in [5.74, 6) is 2.69. The van der Waals surface area contributed by atoms with Crippen LogP contribution in [0.5, 0.6) is 0 Å². The molecule has 1 saturated heterocycles. The second-order valence-corrected chi connectivity index (χ2v) is 7.56. The molecule has 1 aliphatic heterocycles. The third-order valence-electron chi connectivity index (χ3n) is 3.21. The first-order chi connectivity index (χ1) is 9.12. The first-order valence-corrected chi connectivity index (χ1v) is 8.98. The molecule has 1 aliphatic rings. The van der Waals surface area contributed by atoms with Gasteiger partial charge in [0.1, 0.15) is 0 Å². The highest BCUT2D eigenvalue weighted by Crippen LogP contribution is 2.22. The number of rotatable bonds is 5. The lowest BCUT2D eigenvalue weighted by atomic mass is 10.0. The third kappa shape index (κ3) is 4.17. The van der Waals surface area contributed by atoms with Crippen molar-refractivity contribution in [1.82, 2.24) is 9.71 Å². The summed E-state index contributed by atoms with van der Waals surface area (Å²) in [7, 11) is -3.49. The van der Waals surface area contributed by atoms with Crippen LogP contribution in [0.3, 0.4) is 0 Å². The molecule has 106 valence electrons. The van der Waals surface area contributed by atoms with Gasteiger partial charge in [0, 0.05) is 19.3 Å². The van der Waals surface area contributed by atoms with Crippen LogP contribution in [-0.2, 0) is 16.6 Å². The molecule has 0 aliphatic carbocycles. The monoisotopic (exact) mass is 301 g/mol. The Bertz CT molecular complexity index is 496. The maximum absolute atomic E-state index is 12.1. The highest BCUT2D eigenvalue weighted by Gasteiger charge is 2.19. The fourth-order valence-corrected chi connectivity index (χ4v) is 4.19. The van der Waals surface area contributed by atoms with Gasteiger partial charge in [-0.1, -0.05) is 6.07 Å². The van der Waals surface area contributed by atoms with Gasteiger partial charge in [-0.15, -0.1) is 0 Å². The zero-order valence-electron chi connectivity index (χ0n) is 10.7. The minimum Gasteiger partial charge on any atom is -0.326 e. The first-order valence-electron chi connectivity index (χ1n) is 6.34. The average molecular weight is 301 g/mol. The number of hydrogen-bond donors (Lipinski definition) is 2. The van der Waals surface area contributed by atoms with E-state index in [9.17, 15) is 8.42 Å². The molecule has 19 heavy (non-hydrogen) atoms. The summed E-state index contributed by atoms with van der Waals surface area (Å²) in [6.45, 7) is 0.865. The lowest BCUT2D eigenvalue weighted by Crippen LogP contribution is -2.31. The third-order valence-corrected chi connectivity index (χ3v) is 5.60. The van der Waals surface area contributed by atoms with Crippen LogP contribution in [0.4, 0.5) is 0 Å². The van der Waals surface area contributed by atoms with Crippen molar-refractivity contribution >= 4 is 21.8 Å². The normalized spacial score (nSPS) is 17.5. The van der Waals surface area contributed by atoms with E-state index in [0.717, 1.165) is 29.9 Å². The fraction of sp³-hybridized carbons (Fsp3) is 0.583. The maximum Gasteiger partial charge on any atom is 0.258 e. The molecule has 2 heterocycles. The van der Waals surface area contributed by atoms with E-state index in [4.69, 9.17) is 5.73 Å². The van der Waals surface area contributed by atoms with Crippen molar-refractivity contribution in [2.45, 2.75) is 24.4 Å². The van der Waals surface area contributed by atoms with Crippen LogP contribution < -0.4 is 10.5 Å². The van der Waals surface area contributed by atoms with Crippen LogP contribution in [0, 0.1) is 5.92 Å². The highest BCUT2D eigenvalue weighted by molar-refractivity contribution is 7.99. The molecule has 0 saturated carbocycles. The van der Waals surface area contributed by atoms with Gasteiger partial charge in [-0.3, -0.25) is 0 Å². The predicted molar refractivity (Wildman–Crippen MR) is 77.4 cm³/mol. The molecule has 0 radical (unpaired) electrons. The van der Waals surface area contributed by atoms with Crippen LogP contribution in [0.15, 0.2) is 23.4 Å². The van der Waals surface area contributed by atoms with E-state index >= 15 is 0 Å². The van der Waals surface area contributed by atoms with E-state index in [1.54, 1.807) is 6.07 Å². The van der Waals surface area contributed by atoms with Gasteiger partial charge in [0.05, 0.1) is 0 Å². The molecule has 2 rings (SSSR count). The topological polar surface area (TPSA) is 85.1 Å². The summed E-state index contributed by atoms with van der Waals surface area (Å²) >= 11 is 1.93. The van der Waals surface area contributed by atoms with Gasteiger partial charge >= 0.3 is 0 Å². The van der Waals surface area contributed by atoms with Crippen molar-refractivity contribution in [1.29, 1.82) is 0 Å². The van der Waals surface area contributed by atoms with Crippen molar-refractivity contribution in [3.8, 4) is 0 Å². The lowest BCUT2D eigenvalue weighted by molar-refractivity contribution is 0.476. The van der Waals surface area contributed by atoms with Gasteiger partial charge in [0.2, 0.25) is 0 Å². The van der Waals surface area contributed by atoms with Gasteiger partial charge in [-0.25, -0.2) is 18.1 Å². The molecule has 0 atom stereocenters. The van der Waals surface area contributed by atoms with Crippen LogP contribution in [0.2, 0.25) is 0 Å². The molecule has 0 amide bonds. The fourth-order valence-electron chi connectivity index (χ4n) is 1.94. The van der Waals surface area contributed by atoms with E-state index in [-0.39, 0.29) is 5.03 Å². The molecule has 3 N–H and O–H groups in total. The minimum atomic E-state index is -3.49. The molecule has 1 fully saturated rings. The van der Waals surface area contributed by atoms with Gasteiger partial charge in [0.15, 0.2) is 5.03 Å². The van der Waals surface area contributed by atoms with Crippen molar-refractivity contribution in [2.24, 2.45) is 11.7 Å². The molecule has 1 aromatic rings. The Balaban J connectivity index is 1.96. The van der Waals surface area contributed by atoms with Crippen LogP contribution in [-0.4, -0.2) is 31.5 Å². The van der Waals surface area contributed by atoms with Gasteiger partial charge in [0.25, 0.3) is 10.0 Å². The van der Waals surface area contributed by atoms with E-state index < -0.39 is 10.0 Å². The van der Waals surface area contributed by atoms with E-state index in [1.165, 1.54) is 12.3 Å². The first kappa shape index (κ1) is 14.8. The summed E-state index contributed by atoms with van der Waals surface area (Å²) in [6, 6.07) is 3.19. The SMILES string of the molecule is NCc1ccc(S(=O)(=O)NCC2CCSCC2)nc1. The molecule has 5 nitrogen and oxygen atoms in total. The molecule has 0 spiro atoms. The van der Waals surface area contributed by atoms with Gasteiger partial charge < -0.3 is 5.73 Å². The lowest BCUT2D eigenvalue weighted by Gasteiger charge is -2.21. The van der Waals surface area contributed by atoms with E-state index in [1.807, 2.05) is 11.8 Å². The number of aromatic nitrogens is 1. The smallest absolute Gasteiger partial charge is 0.258 e. The Kier molecular flexibility index (Phi) is 5.20. The largest absolute Gasteiger partial charge is 0.326 e. The molecule has 1 aromatic heterocycles. The molecular weight excluding hydrogens is 282 g/mol. The zero-order chi connectivity index (χ0) is 13.7. The van der Waals surface area contributed by atoms with Gasteiger partial charge in [-0.2, -0.15) is 11.8 Å². The summed E-state index contributed by atoms with van der Waals surface area (Å²) in [6.07, 6.45) is 3.66. The predicted octanol–water partition coefficient (Wildman–Crippen LogP) is 0.962. The Morgan fingerprint density at radius 1 is 1.37 bits per heavy atom. The highest BCUT2D eigenvalue weighted by atomic mass is 32.2. The minimum absolute atomic E-state index is 0.0647. The summed E-state index contributed by atoms with van der Waals surface area (Å²) < 4.78 is 26.8.